The van der Waals surface area contributed by atoms with Crippen molar-refractivity contribution >= 4 is 17.8 Å². The molecule has 1 aromatic rings. The first kappa shape index (κ1) is 12.0. The molecule has 0 saturated heterocycles. The van der Waals surface area contributed by atoms with E-state index in [1.807, 2.05) is 0 Å². The molecule has 84 valence electrons. The predicted molar refractivity (Wildman–Crippen MR) is 59.0 cm³/mol. The summed E-state index contributed by atoms with van der Waals surface area (Å²) >= 11 is 0. The first-order valence-corrected chi connectivity index (χ1v) is 4.80. The maximum atomic E-state index is 11.2. The number of aliphatic carboxylic acids is 1. The van der Waals surface area contributed by atoms with E-state index < -0.39 is 5.97 Å². The topological polar surface area (TPSA) is 74.6 Å². The number of phenolic OH excluding ortho intramolecular Hbond substituents is 1. The van der Waals surface area contributed by atoms with Gasteiger partial charge in [0, 0.05) is 12.0 Å². The lowest BCUT2D eigenvalue weighted by Gasteiger charge is -1.96. The van der Waals surface area contributed by atoms with E-state index in [1.54, 1.807) is 18.2 Å². The summed E-state index contributed by atoms with van der Waals surface area (Å²) in [4.78, 5) is 21.4. The Bertz CT molecular complexity index is 421. The minimum Gasteiger partial charge on any atom is -0.507 e. The molecule has 0 aromatic heterocycles. The normalized spacial score (nSPS) is 10.5. The zero-order valence-electron chi connectivity index (χ0n) is 8.59. The van der Waals surface area contributed by atoms with Crippen molar-refractivity contribution in [3.63, 3.8) is 0 Å². The van der Waals surface area contributed by atoms with E-state index in [0.717, 1.165) is 0 Å². The average molecular weight is 220 g/mol. The smallest absolute Gasteiger partial charge is 0.303 e. The van der Waals surface area contributed by atoms with Crippen LogP contribution in [0.3, 0.4) is 0 Å². The molecule has 1 rings (SSSR count). The summed E-state index contributed by atoms with van der Waals surface area (Å²) in [5.74, 6) is -1.18. The Morgan fingerprint density at radius 1 is 1.19 bits per heavy atom. The number of aromatic hydroxyl groups is 1. The fraction of sp³-hybridized carbons (Fsp3) is 0.167. The van der Waals surface area contributed by atoms with Crippen LogP contribution in [0.4, 0.5) is 0 Å². The van der Waals surface area contributed by atoms with Crippen molar-refractivity contribution in [1.82, 2.24) is 0 Å². The summed E-state index contributed by atoms with van der Waals surface area (Å²) in [7, 11) is 0. The highest BCUT2D eigenvalue weighted by molar-refractivity contribution is 5.95. The SMILES string of the molecule is O=C(O)CCC(=O)/C=C/c1ccccc1O. The van der Waals surface area contributed by atoms with Gasteiger partial charge in [0.05, 0.1) is 6.42 Å². The lowest BCUT2D eigenvalue weighted by Crippen LogP contribution is -1.99. The summed E-state index contributed by atoms with van der Waals surface area (Å²) in [6, 6.07) is 6.59. The highest BCUT2D eigenvalue weighted by Gasteiger charge is 2.02. The van der Waals surface area contributed by atoms with Gasteiger partial charge in [-0.3, -0.25) is 9.59 Å². The first-order chi connectivity index (χ1) is 7.59. The van der Waals surface area contributed by atoms with Gasteiger partial charge in [0.1, 0.15) is 5.75 Å². The number of hydrogen-bond acceptors (Lipinski definition) is 3. The molecular formula is C12H12O4. The molecule has 0 amide bonds. The Morgan fingerprint density at radius 3 is 2.50 bits per heavy atom. The third kappa shape index (κ3) is 3.96. The molecule has 2 N–H and O–H groups in total. The molecule has 0 radical (unpaired) electrons. The second-order valence-corrected chi connectivity index (χ2v) is 3.25. The minimum absolute atomic E-state index is 0.0283. The van der Waals surface area contributed by atoms with Gasteiger partial charge in [-0.25, -0.2) is 0 Å². The zero-order chi connectivity index (χ0) is 12.0. The van der Waals surface area contributed by atoms with Crippen LogP contribution in [-0.4, -0.2) is 22.0 Å². The largest absolute Gasteiger partial charge is 0.507 e. The average Bonchev–Trinajstić information content (AvgIpc) is 2.25. The molecule has 0 atom stereocenters. The van der Waals surface area contributed by atoms with Crippen molar-refractivity contribution in [1.29, 1.82) is 0 Å². The second-order valence-electron chi connectivity index (χ2n) is 3.25. The standard InChI is InChI=1S/C12H12O4/c13-10(7-8-12(15)16)6-5-9-3-1-2-4-11(9)14/h1-6,14H,7-8H2,(H,15,16)/b6-5+. The number of rotatable bonds is 5. The van der Waals surface area contributed by atoms with E-state index in [2.05, 4.69) is 0 Å². The number of phenols is 1. The quantitative estimate of drug-likeness (QED) is 0.742. The second kappa shape index (κ2) is 5.70. The molecule has 16 heavy (non-hydrogen) atoms. The Labute approximate surface area is 92.8 Å². The first-order valence-electron chi connectivity index (χ1n) is 4.80. The van der Waals surface area contributed by atoms with Crippen LogP contribution < -0.4 is 0 Å². The van der Waals surface area contributed by atoms with Gasteiger partial charge in [0.15, 0.2) is 5.78 Å². The molecule has 0 aliphatic carbocycles. The number of carboxylic acid groups (broad SMARTS) is 1. The molecule has 0 unspecified atom stereocenters. The summed E-state index contributed by atoms with van der Waals surface area (Å²) in [6.45, 7) is 0. The number of carboxylic acids is 1. The van der Waals surface area contributed by atoms with E-state index in [4.69, 9.17) is 5.11 Å². The minimum atomic E-state index is -0.996. The van der Waals surface area contributed by atoms with Gasteiger partial charge in [0.2, 0.25) is 0 Å². The predicted octanol–water partition coefficient (Wildman–Crippen LogP) is 1.84. The number of carbonyl (C=O) groups excluding carboxylic acids is 1. The van der Waals surface area contributed by atoms with Crippen LogP contribution in [0.1, 0.15) is 18.4 Å². The highest BCUT2D eigenvalue weighted by Crippen LogP contribution is 2.16. The van der Waals surface area contributed by atoms with E-state index in [1.165, 1.54) is 18.2 Å². The van der Waals surface area contributed by atoms with Crippen molar-refractivity contribution in [3.05, 3.63) is 35.9 Å². The molecule has 0 aliphatic heterocycles. The van der Waals surface area contributed by atoms with Gasteiger partial charge in [-0.1, -0.05) is 18.2 Å². The molecule has 0 heterocycles. The molecule has 0 saturated carbocycles. The van der Waals surface area contributed by atoms with Crippen molar-refractivity contribution in [2.75, 3.05) is 0 Å². The number of carbonyl (C=O) groups is 2. The molecule has 4 heteroatoms. The summed E-state index contributed by atoms with van der Waals surface area (Å²) in [6.07, 6.45) is 2.54. The number of benzene rings is 1. The third-order valence-corrected chi connectivity index (χ3v) is 1.97. The summed E-state index contributed by atoms with van der Waals surface area (Å²) in [5.41, 5.74) is 0.533. The van der Waals surface area contributed by atoms with E-state index in [-0.39, 0.29) is 24.4 Å². The van der Waals surface area contributed by atoms with Crippen LogP contribution in [0.2, 0.25) is 0 Å². The van der Waals surface area contributed by atoms with E-state index in [0.29, 0.717) is 5.56 Å². The third-order valence-electron chi connectivity index (χ3n) is 1.97. The number of hydrogen-bond donors (Lipinski definition) is 2. The monoisotopic (exact) mass is 220 g/mol. The maximum absolute atomic E-state index is 11.2. The zero-order valence-corrected chi connectivity index (χ0v) is 8.59. The molecule has 1 aromatic carbocycles. The summed E-state index contributed by atoms with van der Waals surface area (Å²) in [5, 5.41) is 17.8. The van der Waals surface area contributed by atoms with Crippen LogP contribution >= 0.6 is 0 Å². The van der Waals surface area contributed by atoms with Gasteiger partial charge in [0.25, 0.3) is 0 Å². The summed E-state index contributed by atoms with van der Waals surface area (Å²) < 4.78 is 0. The number of para-hydroxylation sites is 1. The molecule has 0 bridgehead atoms. The van der Waals surface area contributed by atoms with Crippen molar-refractivity contribution in [3.8, 4) is 5.75 Å². The van der Waals surface area contributed by atoms with Crippen molar-refractivity contribution in [2.24, 2.45) is 0 Å². The van der Waals surface area contributed by atoms with Gasteiger partial charge >= 0.3 is 5.97 Å². The van der Waals surface area contributed by atoms with E-state index in [9.17, 15) is 14.7 Å². The molecule has 0 aliphatic rings. The Kier molecular flexibility index (Phi) is 4.27. The number of allylic oxidation sites excluding steroid dienone is 1. The Morgan fingerprint density at radius 2 is 1.88 bits per heavy atom. The van der Waals surface area contributed by atoms with Gasteiger partial charge < -0.3 is 10.2 Å². The van der Waals surface area contributed by atoms with Crippen molar-refractivity contribution < 1.29 is 19.8 Å². The van der Waals surface area contributed by atoms with Crippen molar-refractivity contribution in [2.45, 2.75) is 12.8 Å². The molecule has 0 fully saturated rings. The van der Waals surface area contributed by atoms with Crippen LogP contribution in [0.15, 0.2) is 30.3 Å². The van der Waals surface area contributed by atoms with Crippen LogP contribution in [0, 0.1) is 0 Å². The Hall–Kier alpha value is -2.10. The van der Waals surface area contributed by atoms with Gasteiger partial charge in [-0.15, -0.1) is 0 Å². The molecule has 4 nitrogen and oxygen atoms in total. The Balaban J connectivity index is 2.57. The van der Waals surface area contributed by atoms with E-state index >= 15 is 0 Å². The maximum Gasteiger partial charge on any atom is 0.303 e. The number of ketones is 1. The van der Waals surface area contributed by atoms with Crippen LogP contribution in [0.5, 0.6) is 5.75 Å². The van der Waals surface area contributed by atoms with Crippen LogP contribution in [0.25, 0.3) is 6.08 Å². The van der Waals surface area contributed by atoms with Gasteiger partial charge in [-0.05, 0) is 18.2 Å². The molecule has 0 spiro atoms. The fourth-order valence-corrected chi connectivity index (χ4v) is 1.12. The lowest BCUT2D eigenvalue weighted by molar-refractivity contribution is -0.138. The van der Waals surface area contributed by atoms with Crippen LogP contribution in [-0.2, 0) is 9.59 Å². The fourth-order valence-electron chi connectivity index (χ4n) is 1.12. The van der Waals surface area contributed by atoms with Gasteiger partial charge in [-0.2, -0.15) is 0 Å². The lowest BCUT2D eigenvalue weighted by atomic mass is 10.1. The molecular weight excluding hydrogens is 208 g/mol. The highest BCUT2D eigenvalue weighted by atomic mass is 16.4.